The molecule has 0 unspecified atom stereocenters. The highest BCUT2D eigenvalue weighted by molar-refractivity contribution is 7.14. The number of hydrogen-bond donors (Lipinski definition) is 2. The van der Waals surface area contributed by atoms with E-state index in [-0.39, 0.29) is 18.1 Å². The quantitative estimate of drug-likeness (QED) is 0.841. The molecule has 2 N–H and O–H groups in total. The normalized spacial score (nSPS) is 16.6. The maximum atomic E-state index is 12.3. The van der Waals surface area contributed by atoms with Crippen LogP contribution in [0, 0.1) is 18.8 Å². The zero-order valence-electron chi connectivity index (χ0n) is 12.1. The summed E-state index contributed by atoms with van der Waals surface area (Å²) >= 11 is 1.43. The highest BCUT2D eigenvalue weighted by atomic mass is 32.1. The van der Waals surface area contributed by atoms with Crippen LogP contribution in [0.5, 0.6) is 0 Å². The van der Waals surface area contributed by atoms with Crippen molar-refractivity contribution in [1.29, 1.82) is 0 Å². The number of aryl methyl sites for hydroxylation is 1. The average molecular weight is 291 g/mol. The molecule has 1 fully saturated rings. The van der Waals surface area contributed by atoms with E-state index in [1.54, 1.807) is 0 Å². The first-order chi connectivity index (χ1) is 9.54. The number of hydrogen-bond acceptors (Lipinski definition) is 3. The molecule has 3 nitrogen and oxygen atoms in total. The van der Waals surface area contributed by atoms with Gasteiger partial charge in [-0.15, -0.1) is 11.3 Å². The lowest BCUT2D eigenvalue weighted by atomic mass is 10.0. The van der Waals surface area contributed by atoms with Crippen molar-refractivity contribution in [3.63, 3.8) is 0 Å². The minimum atomic E-state index is -0.0439. The van der Waals surface area contributed by atoms with Crippen molar-refractivity contribution in [2.45, 2.75) is 51.5 Å². The molecule has 0 bridgehead atoms. The molecule has 0 radical (unpaired) electrons. The van der Waals surface area contributed by atoms with Crippen LogP contribution in [0.2, 0.25) is 0 Å². The summed E-state index contributed by atoms with van der Waals surface area (Å²) < 4.78 is 0. The van der Waals surface area contributed by atoms with Gasteiger partial charge in [0.2, 0.25) is 0 Å². The summed E-state index contributed by atoms with van der Waals surface area (Å²) in [6, 6.07) is 1.90. The number of carbonyl (C=O) groups is 1. The Bertz CT molecular complexity index is 545. The van der Waals surface area contributed by atoms with Gasteiger partial charge in [-0.25, -0.2) is 0 Å². The Kier molecular flexibility index (Phi) is 4.85. The Balaban J connectivity index is 2.07. The van der Waals surface area contributed by atoms with Crippen LogP contribution in [-0.2, 0) is 0 Å². The van der Waals surface area contributed by atoms with Gasteiger partial charge in [-0.2, -0.15) is 0 Å². The Morgan fingerprint density at radius 1 is 1.50 bits per heavy atom. The molecule has 0 aliphatic heterocycles. The standard InChI is InChI=1S/C16H21NO2S/c1-12-11-14(20-13(12)7-3-6-10-18)15(19)17-16(2)8-4-5-9-16/h11,18H,4-6,8-10H2,1-2H3,(H,17,19). The molecule has 1 heterocycles. The molecule has 1 aliphatic carbocycles. The van der Waals surface area contributed by atoms with Crippen LogP contribution in [0.4, 0.5) is 0 Å². The van der Waals surface area contributed by atoms with Gasteiger partial charge in [0, 0.05) is 12.0 Å². The summed E-state index contributed by atoms with van der Waals surface area (Å²) in [4.78, 5) is 14.0. The Morgan fingerprint density at radius 2 is 2.20 bits per heavy atom. The Labute approximate surface area is 124 Å². The number of rotatable bonds is 3. The topological polar surface area (TPSA) is 49.3 Å². The van der Waals surface area contributed by atoms with Gasteiger partial charge in [0.25, 0.3) is 5.91 Å². The third kappa shape index (κ3) is 3.62. The zero-order chi connectivity index (χ0) is 14.6. The first-order valence-electron chi connectivity index (χ1n) is 7.07. The zero-order valence-corrected chi connectivity index (χ0v) is 12.9. The molecule has 20 heavy (non-hydrogen) atoms. The predicted molar refractivity (Wildman–Crippen MR) is 82.0 cm³/mol. The van der Waals surface area contributed by atoms with Crippen molar-refractivity contribution in [1.82, 2.24) is 5.32 Å². The number of carbonyl (C=O) groups excluding carboxylic acids is 1. The molecule has 1 aromatic rings. The average Bonchev–Trinajstić information content (AvgIpc) is 2.97. The first kappa shape index (κ1) is 15.1. The summed E-state index contributed by atoms with van der Waals surface area (Å²) in [5.74, 6) is 5.94. The minimum Gasteiger partial charge on any atom is -0.395 e. The van der Waals surface area contributed by atoms with E-state index in [9.17, 15) is 4.79 Å². The lowest BCUT2D eigenvalue weighted by Crippen LogP contribution is -2.43. The molecular weight excluding hydrogens is 270 g/mol. The van der Waals surface area contributed by atoms with E-state index in [2.05, 4.69) is 24.1 Å². The first-order valence-corrected chi connectivity index (χ1v) is 7.88. The van der Waals surface area contributed by atoms with Crippen LogP contribution < -0.4 is 5.32 Å². The number of thiophene rings is 1. The molecule has 0 spiro atoms. The number of aliphatic hydroxyl groups is 1. The molecule has 108 valence electrons. The van der Waals surface area contributed by atoms with Crippen molar-refractivity contribution in [3.05, 3.63) is 21.4 Å². The van der Waals surface area contributed by atoms with E-state index < -0.39 is 0 Å². The van der Waals surface area contributed by atoms with E-state index in [1.165, 1.54) is 24.2 Å². The minimum absolute atomic E-state index is 0.0118. The van der Waals surface area contributed by atoms with Crippen LogP contribution in [0.1, 0.15) is 59.1 Å². The maximum absolute atomic E-state index is 12.3. The predicted octanol–water partition coefficient (Wildman–Crippen LogP) is 2.85. The van der Waals surface area contributed by atoms with Crippen LogP contribution in [0.15, 0.2) is 6.07 Å². The molecule has 1 saturated carbocycles. The fourth-order valence-electron chi connectivity index (χ4n) is 2.53. The fraction of sp³-hybridized carbons (Fsp3) is 0.562. The van der Waals surface area contributed by atoms with Gasteiger partial charge in [0.1, 0.15) is 0 Å². The summed E-state index contributed by atoms with van der Waals surface area (Å²) in [5, 5.41) is 11.9. The largest absolute Gasteiger partial charge is 0.395 e. The van der Waals surface area contributed by atoms with Crippen LogP contribution in [0.3, 0.4) is 0 Å². The van der Waals surface area contributed by atoms with E-state index in [1.807, 2.05) is 13.0 Å². The summed E-state index contributed by atoms with van der Waals surface area (Å²) in [6.07, 6.45) is 4.98. The van der Waals surface area contributed by atoms with Gasteiger partial charge >= 0.3 is 0 Å². The van der Waals surface area contributed by atoms with Gasteiger partial charge in [0.05, 0.1) is 16.4 Å². The maximum Gasteiger partial charge on any atom is 0.261 e. The third-order valence-corrected chi connectivity index (χ3v) is 4.85. The molecule has 2 rings (SSSR count). The van der Waals surface area contributed by atoms with Gasteiger partial charge in [0.15, 0.2) is 0 Å². The lowest BCUT2D eigenvalue weighted by molar-refractivity contribution is 0.0912. The number of amides is 1. The second-order valence-electron chi connectivity index (χ2n) is 5.62. The summed E-state index contributed by atoms with van der Waals surface area (Å²) in [6.45, 7) is 4.16. The smallest absolute Gasteiger partial charge is 0.261 e. The molecule has 1 aromatic heterocycles. The molecule has 0 atom stereocenters. The lowest BCUT2D eigenvalue weighted by Gasteiger charge is -2.24. The van der Waals surface area contributed by atoms with Gasteiger partial charge < -0.3 is 10.4 Å². The van der Waals surface area contributed by atoms with Crippen molar-refractivity contribution >= 4 is 17.2 Å². The molecular formula is C16H21NO2S. The highest BCUT2D eigenvalue weighted by Crippen LogP contribution is 2.30. The number of aliphatic hydroxyl groups excluding tert-OH is 1. The van der Waals surface area contributed by atoms with E-state index >= 15 is 0 Å². The Morgan fingerprint density at radius 3 is 2.85 bits per heavy atom. The fourth-order valence-corrected chi connectivity index (χ4v) is 3.48. The Hall–Kier alpha value is -1.31. The molecule has 4 heteroatoms. The van der Waals surface area contributed by atoms with Crippen LogP contribution >= 0.6 is 11.3 Å². The van der Waals surface area contributed by atoms with Crippen molar-refractivity contribution < 1.29 is 9.90 Å². The second-order valence-corrected chi connectivity index (χ2v) is 6.67. The van der Waals surface area contributed by atoms with Crippen LogP contribution in [0.25, 0.3) is 0 Å². The van der Waals surface area contributed by atoms with E-state index in [0.717, 1.165) is 28.2 Å². The van der Waals surface area contributed by atoms with Gasteiger partial charge in [-0.3, -0.25) is 4.79 Å². The van der Waals surface area contributed by atoms with Crippen molar-refractivity contribution in [2.24, 2.45) is 0 Å². The summed E-state index contributed by atoms with van der Waals surface area (Å²) in [5.41, 5.74) is 0.986. The molecule has 0 aromatic carbocycles. The molecule has 0 saturated heterocycles. The van der Waals surface area contributed by atoms with E-state index in [0.29, 0.717) is 6.42 Å². The number of nitrogens with one attached hydrogen (secondary N) is 1. The van der Waals surface area contributed by atoms with Gasteiger partial charge in [-0.05, 0) is 38.3 Å². The van der Waals surface area contributed by atoms with Gasteiger partial charge in [-0.1, -0.05) is 24.7 Å². The van der Waals surface area contributed by atoms with Crippen molar-refractivity contribution in [2.75, 3.05) is 6.61 Å². The SMILES string of the molecule is Cc1cc(C(=O)NC2(C)CCCC2)sc1C#CCCO. The van der Waals surface area contributed by atoms with Crippen LogP contribution in [-0.4, -0.2) is 23.2 Å². The van der Waals surface area contributed by atoms with E-state index in [4.69, 9.17) is 5.11 Å². The highest BCUT2D eigenvalue weighted by Gasteiger charge is 2.30. The summed E-state index contributed by atoms with van der Waals surface area (Å²) in [7, 11) is 0. The molecule has 1 aliphatic rings. The van der Waals surface area contributed by atoms with Crippen molar-refractivity contribution in [3.8, 4) is 11.8 Å². The molecule has 1 amide bonds. The second kappa shape index (κ2) is 6.43. The monoisotopic (exact) mass is 291 g/mol. The third-order valence-electron chi connectivity index (χ3n) is 3.70.